The highest BCUT2D eigenvalue weighted by Gasteiger charge is 2.16. The van der Waals surface area contributed by atoms with E-state index in [1.807, 2.05) is 6.92 Å². The van der Waals surface area contributed by atoms with Gasteiger partial charge in [-0.15, -0.1) is 0 Å². The molecule has 0 radical (unpaired) electrons. The third kappa shape index (κ3) is 3.85. The Morgan fingerprint density at radius 1 is 1.41 bits per heavy atom. The van der Waals surface area contributed by atoms with Gasteiger partial charge in [0.25, 0.3) is 5.56 Å². The molecule has 0 saturated carbocycles. The van der Waals surface area contributed by atoms with Crippen LogP contribution < -0.4 is 16.6 Å². The molecule has 0 aliphatic rings. The number of halogens is 1. The van der Waals surface area contributed by atoms with Crippen LogP contribution in [0, 0.1) is 6.92 Å². The third-order valence-electron chi connectivity index (χ3n) is 4.11. The van der Waals surface area contributed by atoms with Crippen LogP contribution in [0.4, 0.5) is 10.6 Å². The zero-order chi connectivity index (χ0) is 19.6. The van der Waals surface area contributed by atoms with Crippen LogP contribution in [0.3, 0.4) is 0 Å². The summed E-state index contributed by atoms with van der Waals surface area (Å²) in [5, 5.41) is 11.7. The number of hydrogen-bond donors (Lipinski definition) is 3. The van der Waals surface area contributed by atoms with Gasteiger partial charge in [0, 0.05) is 13.0 Å². The molecule has 9 heteroatoms. The van der Waals surface area contributed by atoms with Crippen molar-refractivity contribution in [3.63, 3.8) is 0 Å². The number of carboxylic acid groups (broad SMARTS) is 1. The Morgan fingerprint density at radius 3 is 2.89 bits per heavy atom. The monoisotopic (exact) mass is 387 g/mol. The van der Waals surface area contributed by atoms with E-state index in [0.717, 1.165) is 5.56 Å². The fourth-order valence-electron chi connectivity index (χ4n) is 2.90. The lowest BCUT2D eigenvalue weighted by Gasteiger charge is -2.16. The fourth-order valence-corrected chi connectivity index (χ4v) is 3.15. The van der Waals surface area contributed by atoms with E-state index >= 15 is 0 Å². The van der Waals surface area contributed by atoms with Gasteiger partial charge in [0.1, 0.15) is 11.6 Å². The van der Waals surface area contributed by atoms with Crippen molar-refractivity contribution < 1.29 is 9.90 Å². The Balaban J connectivity index is 2.17. The van der Waals surface area contributed by atoms with E-state index in [-0.39, 0.29) is 12.1 Å². The van der Waals surface area contributed by atoms with Gasteiger partial charge in [0.2, 0.25) is 0 Å². The molecule has 3 aromatic rings. The maximum Gasteiger partial charge on any atom is 0.404 e. The number of aryl methyl sites for hydroxylation is 2. The molecule has 0 aliphatic heterocycles. The molecule has 0 saturated heterocycles. The summed E-state index contributed by atoms with van der Waals surface area (Å²) in [5.74, 6) is 0.847. The first-order valence-electron chi connectivity index (χ1n) is 8.28. The molecular weight excluding hydrogens is 370 g/mol. The molecule has 2 heterocycles. The topological polar surface area (TPSA) is 123 Å². The van der Waals surface area contributed by atoms with Gasteiger partial charge >= 0.3 is 6.09 Å². The average Bonchev–Trinajstić information content (AvgIpc) is 2.59. The number of nitrogens with zero attached hydrogens (tertiary/aromatic N) is 3. The lowest BCUT2D eigenvalue weighted by molar-refractivity contribution is 0.194. The third-order valence-corrected chi connectivity index (χ3v) is 4.43. The van der Waals surface area contributed by atoms with Crippen LogP contribution >= 0.6 is 11.6 Å². The van der Waals surface area contributed by atoms with E-state index in [9.17, 15) is 9.59 Å². The second-order valence-electron chi connectivity index (χ2n) is 6.03. The van der Waals surface area contributed by atoms with E-state index in [2.05, 4.69) is 15.3 Å². The van der Waals surface area contributed by atoms with Crippen molar-refractivity contribution in [3.05, 3.63) is 57.2 Å². The van der Waals surface area contributed by atoms with Gasteiger partial charge in [-0.05, 0) is 37.1 Å². The zero-order valence-electron chi connectivity index (χ0n) is 14.6. The highest BCUT2D eigenvalue weighted by Crippen LogP contribution is 2.22. The van der Waals surface area contributed by atoms with Crippen LogP contribution in [0.5, 0.6) is 0 Å². The van der Waals surface area contributed by atoms with Gasteiger partial charge in [-0.2, -0.15) is 0 Å². The molecule has 0 aliphatic carbocycles. The molecule has 4 N–H and O–H groups in total. The maximum absolute atomic E-state index is 13.2. The molecule has 0 spiro atoms. The predicted molar refractivity (Wildman–Crippen MR) is 104 cm³/mol. The van der Waals surface area contributed by atoms with Gasteiger partial charge < -0.3 is 16.2 Å². The molecule has 0 atom stereocenters. The van der Waals surface area contributed by atoms with Crippen molar-refractivity contribution in [1.82, 2.24) is 19.9 Å². The number of hydrogen-bond acceptors (Lipinski definition) is 5. The lowest BCUT2D eigenvalue weighted by Crippen LogP contribution is -2.27. The van der Waals surface area contributed by atoms with Gasteiger partial charge in [0.15, 0.2) is 0 Å². The first kappa shape index (κ1) is 18.7. The molecule has 0 unspecified atom stereocenters. The standard InChI is InChI=1S/C18H18ClN5O3/c1-10-8-14(20)22-9-13(10)24-15(6-3-7-21-18(26)27)23-12-5-2-4-11(19)16(12)17(24)25/h2,4-5,8-9,21H,3,6-7H2,1H3,(H2,20,22)(H,26,27). The number of nitrogens with one attached hydrogen (secondary N) is 1. The number of carbonyl (C=O) groups is 1. The second kappa shape index (κ2) is 7.63. The van der Waals surface area contributed by atoms with Gasteiger partial charge in [0.05, 0.1) is 27.8 Å². The molecular formula is C18H18ClN5O3. The van der Waals surface area contributed by atoms with Crippen LogP contribution in [-0.4, -0.2) is 32.3 Å². The molecule has 2 aromatic heterocycles. The molecule has 1 amide bonds. The minimum Gasteiger partial charge on any atom is -0.465 e. The van der Waals surface area contributed by atoms with Crippen LogP contribution in [-0.2, 0) is 6.42 Å². The quantitative estimate of drug-likeness (QED) is 0.578. The number of anilines is 1. The Kier molecular flexibility index (Phi) is 5.27. The zero-order valence-corrected chi connectivity index (χ0v) is 15.3. The van der Waals surface area contributed by atoms with Crippen molar-refractivity contribution in [2.24, 2.45) is 0 Å². The number of aromatic nitrogens is 3. The van der Waals surface area contributed by atoms with Gasteiger partial charge in [-0.25, -0.2) is 14.8 Å². The minimum atomic E-state index is -1.09. The van der Waals surface area contributed by atoms with Crippen LogP contribution in [0.2, 0.25) is 5.02 Å². The van der Waals surface area contributed by atoms with Crippen molar-refractivity contribution in [3.8, 4) is 5.69 Å². The van der Waals surface area contributed by atoms with Crippen molar-refractivity contribution in [2.75, 3.05) is 12.3 Å². The fraction of sp³-hybridized carbons (Fsp3) is 0.222. The summed E-state index contributed by atoms with van der Waals surface area (Å²) in [6.07, 6.45) is 1.30. The number of nitrogen functional groups attached to an aromatic ring is 1. The summed E-state index contributed by atoms with van der Waals surface area (Å²) in [7, 11) is 0. The smallest absolute Gasteiger partial charge is 0.404 e. The summed E-state index contributed by atoms with van der Waals surface area (Å²) >= 11 is 6.24. The normalized spacial score (nSPS) is 10.9. The summed E-state index contributed by atoms with van der Waals surface area (Å²) in [6.45, 7) is 2.07. The van der Waals surface area contributed by atoms with Crippen molar-refractivity contribution >= 4 is 34.4 Å². The van der Waals surface area contributed by atoms with E-state index < -0.39 is 6.09 Å². The Labute approximate surface area is 159 Å². The number of pyridine rings is 1. The number of fused-ring (bicyclic) bond motifs is 1. The Hall–Kier alpha value is -3.13. The minimum absolute atomic E-state index is 0.248. The summed E-state index contributed by atoms with van der Waals surface area (Å²) in [6, 6.07) is 6.77. The number of rotatable bonds is 5. The number of amides is 1. The van der Waals surface area contributed by atoms with Gasteiger partial charge in [-0.1, -0.05) is 17.7 Å². The molecule has 1 aromatic carbocycles. The highest BCUT2D eigenvalue weighted by atomic mass is 35.5. The molecule has 0 fully saturated rings. The summed E-state index contributed by atoms with van der Waals surface area (Å²) in [5.41, 5.74) is 7.24. The first-order chi connectivity index (χ1) is 12.9. The second-order valence-corrected chi connectivity index (χ2v) is 6.44. The lowest BCUT2D eigenvalue weighted by atomic mass is 10.2. The number of nitrogens with two attached hydrogens (primary N) is 1. The van der Waals surface area contributed by atoms with E-state index in [0.29, 0.717) is 46.1 Å². The van der Waals surface area contributed by atoms with Crippen LogP contribution in [0.1, 0.15) is 17.8 Å². The van der Waals surface area contributed by atoms with Crippen LogP contribution in [0.25, 0.3) is 16.6 Å². The largest absolute Gasteiger partial charge is 0.465 e. The Bertz CT molecular complexity index is 1080. The first-order valence-corrected chi connectivity index (χ1v) is 8.65. The molecule has 140 valence electrons. The molecule has 8 nitrogen and oxygen atoms in total. The highest BCUT2D eigenvalue weighted by molar-refractivity contribution is 6.35. The van der Waals surface area contributed by atoms with E-state index in [1.54, 1.807) is 24.3 Å². The van der Waals surface area contributed by atoms with Crippen molar-refractivity contribution in [1.29, 1.82) is 0 Å². The Morgan fingerprint density at radius 2 is 2.19 bits per heavy atom. The summed E-state index contributed by atoms with van der Waals surface area (Å²) < 4.78 is 1.47. The SMILES string of the molecule is Cc1cc(N)ncc1-n1c(CCCNC(=O)O)nc2cccc(Cl)c2c1=O. The van der Waals surface area contributed by atoms with E-state index in [1.165, 1.54) is 10.8 Å². The average molecular weight is 388 g/mol. The van der Waals surface area contributed by atoms with Crippen molar-refractivity contribution in [2.45, 2.75) is 19.8 Å². The predicted octanol–water partition coefficient (Wildman–Crippen LogP) is 2.52. The number of benzene rings is 1. The van der Waals surface area contributed by atoms with Gasteiger partial charge in [-0.3, -0.25) is 9.36 Å². The molecule has 3 rings (SSSR count). The maximum atomic E-state index is 13.2. The molecule has 0 bridgehead atoms. The molecule has 27 heavy (non-hydrogen) atoms. The summed E-state index contributed by atoms with van der Waals surface area (Å²) in [4.78, 5) is 32.5. The van der Waals surface area contributed by atoms with E-state index in [4.69, 9.17) is 22.4 Å². The van der Waals surface area contributed by atoms with Crippen LogP contribution in [0.15, 0.2) is 35.3 Å².